The van der Waals surface area contributed by atoms with E-state index < -0.39 is 23.2 Å². The summed E-state index contributed by atoms with van der Waals surface area (Å²) >= 11 is 0. The Balaban J connectivity index is 2.99. The first-order chi connectivity index (χ1) is 8.23. The van der Waals surface area contributed by atoms with Crippen molar-refractivity contribution in [1.29, 1.82) is 0 Å². The summed E-state index contributed by atoms with van der Waals surface area (Å²) in [6.45, 7) is 5.62. The first-order valence-electron chi connectivity index (χ1n) is 5.96. The Kier molecular flexibility index (Phi) is 4.21. The molecule has 1 atom stereocenters. The maximum Gasteiger partial charge on any atom is 0.408 e. The molecule has 0 aromatic carbocycles. The van der Waals surface area contributed by atoms with E-state index >= 15 is 0 Å². The highest BCUT2D eigenvalue weighted by atomic mass is 16.6. The van der Waals surface area contributed by atoms with E-state index in [1.807, 2.05) is 0 Å². The van der Waals surface area contributed by atoms with Gasteiger partial charge in [0.15, 0.2) is 5.54 Å². The van der Waals surface area contributed by atoms with Crippen LogP contribution in [-0.2, 0) is 14.3 Å². The summed E-state index contributed by atoms with van der Waals surface area (Å²) in [7, 11) is 1.45. The maximum atomic E-state index is 12.3. The van der Waals surface area contributed by atoms with Gasteiger partial charge in [0.05, 0.1) is 6.61 Å². The SMILES string of the molecule is COCC1(C(=O)OC(C)(C)C)CCCN1C(=O)O. The molecule has 104 valence electrons. The topological polar surface area (TPSA) is 76.1 Å². The first kappa shape index (κ1) is 14.8. The third-order valence-electron chi connectivity index (χ3n) is 2.88. The molecule has 1 fully saturated rings. The van der Waals surface area contributed by atoms with Crippen LogP contribution in [0.1, 0.15) is 33.6 Å². The predicted molar refractivity (Wildman–Crippen MR) is 64.4 cm³/mol. The van der Waals surface area contributed by atoms with Crippen LogP contribution in [0.15, 0.2) is 0 Å². The molecule has 1 N–H and O–H groups in total. The molecular weight excluding hydrogens is 238 g/mol. The average Bonchev–Trinajstić information content (AvgIpc) is 2.60. The molecule has 0 bridgehead atoms. The number of ether oxygens (including phenoxy) is 2. The van der Waals surface area contributed by atoms with Crippen LogP contribution < -0.4 is 0 Å². The van der Waals surface area contributed by atoms with E-state index in [1.165, 1.54) is 7.11 Å². The summed E-state index contributed by atoms with van der Waals surface area (Å²) in [4.78, 5) is 24.6. The van der Waals surface area contributed by atoms with Gasteiger partial charge in [-0.05, 0) is 33.6 Å². The minimum Gasteiger partial charge on any atom is -0.465 e. The highest BCUT2D eigenvalue weighted by Gasteiger charge is 2.52. The number of carbonyl (C=O) groups is 2. The Labute approximate surface area is 107 Å². The summed E-state index contributed by atoms with van der Waals surface area (Å²) in [5, 5.41) is 9.19. The molecule has 6 heteroatoms. The highest BCUT2D eigenvalue weighted by molar-refractivity contribution is 5.86. The fourth-order valence-electron chi connectivity index (χ4n) is 2.19. The van der Waals surface area contributed by atoms with Gasteiger partial charge in [-0.3, -0.25) is 4.90 Å². The van der Waals surface area contributed by atoms with Crippen LogP contribution in [0.4, 0.5) is 4.79 Å². The summed E-state index contributed by atoms with van der Waals surface area (Å²) in [6.07, 6.45) is -0.0489. The van der Waals surface area contributed by atoms with Gasteiger partial charge in [0.1, 0.15) is 5.60 Å². The molecule has 1 saturated heterocycles. The summed E-state index contributed by atoms with van der Waals surface area (Å²) in [5.41, 5.74) is -1.85. The minimum atomic E-state index is -1.20. The number of hydrogen-bond acceptors (Lipinski definition) is 4. The summed E-state index contributed by atoms with van der Waals surface area (Å²) in [6, 6.07) is 0. The molecule has 6 nitrogen and oxygen atoms in total. The van der Waals surface area contributed by atoms with Crippen molar-refractivity contribution in [3.05, 3.63) is 0 Å². The van der Waals surface area contributed by atoms with Gasteiger partial charge in [0.25, 0.3) is 0 Å². The monoisotopic (exact) mass is 259 g/mol. The Morgan fingerprint density at radius 3 is 2.44 bits per heavy atom. The molecule has 18 heavy (non-hydrogen) atoms. The van der Waals surface area contributed by atoms with Crippen LogP contribution in [0.2, 0.25) is 0 Å². The summed E-state index contributed by atoms with van der Waals surface area (Å²) < 4.78 is 10.4. The molecule has 1 amide bonds. The molecule has 1 aliphatic rings. The maximum absolute atomic E-state index is 12.3. The van der Waals surface area contributed by atoms with Crippen LogP contribution in [0, 0.1) is 0 Å². The zero-order valence-corrected chi connectivity index (χ0v) is 11.4. The molecule has 0 radical (unpaired) electrons. The lowest BCUT2D eigenvalue weighted by Gasteiger charge is -2.36. The number of methoxy groups -OCH3 is 1. The largest absolute Gasteiger partial charge is 0.465 e. The van der Waals surface area contributed by atoms with E-state index in [0.29, 0.717) is 19.4 Å². The molecule has 0 saturated carbocycles. The van der Waals surface area contributed by atoms with Crippen molar-refractivity contribution < 1.29 is 24.2 Å². The quantitative estimate of drug-likeness (QED) is 0.777. The fraction of sp³-hybridized carbons (Fsp3) is 0.833. The zero-order chi connectivity index (χ0) is 14.0. The van der Waals surface area contributed by atoms with Crippen molar-refractivity contribution in [2.24, 2.45) is 0 Å². The average molecular weight is 259 g/mol. The standard InChI is InChI=1S/C12H21NO5/c1-11(2,3)18-9(14)12(8-17-4)6-5-7-13(12)10(15)16/h5-8H2,1-4H3,(H,15,16). The second-order valence-electron chi connectivity index (χ2n) is 5.50. The van der Waals surface area contributed by atoms with Gasteiger partial charge >= 0.3 is 12.1 Å². The first-order valence-corrected chi connectivity index (χ1v) is 5.96. The number of likely N-dealkylation sites (tertiary alicyclic amines) is 1. The molecular formula is C12H21NO5. The summed E-state index contributed by atoms with van der Waals surface area (Å²) in [5.74, 6) is -0.531. The lowest BCUT2D eigenvalue weighted by Crippen LogP contribution is -2.57. The van der Waals surface area contributed by atoms with Gasteiger partial charge in [-0.1, -0.05) is 0 Å². The molecule has 0 aliphatic carbocycles. The van der Waals surface area contributed by atoms with Crippen LogP contribution in [0.5, 0.6) is 0 Å². The van der Waals surface area contributed by atoms with Crippen LogP contribution in [0.25, 0.3) is 0 Å². The van der Waals surface area contributed by atoms with Gasteiger partial charge < -0.3 is 14.6 Å². The van der Waals surface area contributed by atoms with Crippen molar-refractivity contribution in [1.82, 2.24) is 4.90 Å². The second kappa shape index (κ2) is 5.14. The Hall–Kier alpha value is -1.30. The number of esters is 1. The van der Waals surface area contributed by atoms with E-state index in [2.05, 4.69) is 0 Å². The highest BCUT2D eigenvalue weighted by Crippen LogP contribution is 2.32. The van der Waals surface area contributed by atoms with Crippen LogP contribution in [-0.4, -0.2) is 53.5 Å². The molecule has 1 unspecified atom stereocenters. The van der Waals surface area contributed by atoms with E-state index in [0.717, 1.165) is 4.90 Å². The Morgan fingerprint density at radius 1 is 1.39 bits per heavy atom. The third kappa shape index (κ3) is 2.93. The van der Waals surface area contributed by atoms with Crippen molar-refractivity contribution in [2.75, 3.05) is 20.3 Å². The number of carboxylic acid groups (broad SMARTS) is 1. The number of rotatable bonds is 3. The molecule has 0 aromatic rings. The molecule has 0 spiro atoms. The van der Waals surface area contributed by atoms with Crippen LogP contribution >= 0.6 is 0 Å². The normalized spacial score (nSPS) is 24.1. The number of hydrogen-bond donors (Lipinski definition) is 1. The van der Waals surface area contributed by atoms with Gasteiger partial charge in [0.2, 0.25) is 0 Å². The predicted octanol–water partition coefficient (Wildman–Crippen LogP) is 1.49. The van der Waals surface area contributed by atoms with E-state index in [9.17, 15) is 14.7 Å². The van der Waals surface area contributed by atoms with Gasteiger partial charge in [0, 0.05) is 13.7 Å². The Bertz CT molecular complexity index is 336. The molecule has 1 heterocycles. The van der Waals surface area contributed by atoms with E-state index in [1.54, 1.807) is 20.8 Å². The van der Waals surface area contributed by atoms with Gasteiger partial charge in [-0.25, -0.2) is 9.59 Å². The van der Waals surface area contributed by atoms with Crippen molar-refractivity contribution in [3.8, 4) is 0 Å². The fourth-order valence-corrected chi connectivity index (χ4v) is 2.19. The van der Waals surface area contributed by atoms with Crippen molar-refractivity contribution >= 4 is 12.1 Å². The molecule has 1 rings (SSSR count). The number of carbonyl (C=O) groups excluding carboxylic acids is 1. The van der Waals surface area contributed by atoms with Crippen LogP contribution in [0.3, 0.4) is 0 Å². The van der Waals surface area contributed by atoms with Crippen molar-refractivity contribution in [2.45, 2.75) is 44.8 Å². The van der Waals surface area contributed by atoms with Gasteiger partial charge in [-0.15, -0.1) is 0 Å². The van der Waals surface area contributed by atoms with E-state index in [-0.39, 0.29) is 6.61 Å². The van der Waals surface area contributed by atoms with E-state index in [4.69, 9.17) is 9.47 Å². The molecule has 1 aliphatic heterocycles. The smallest absolute Gasteiger partial charge is 0.408 e. The third-order valence-corrected chi connectivity index (χ3v) is 2.88. The second-order valence-corrected chi connectivity index (χ2v) is 5.50. The number of amides is 1. The molecule has 0 aromatic heterocycles. The lowest BCUT2D eigenvalue weighted by molar-refractivity contribution is -0.170. The number of nitrogens with zero attached hydrogens (tertiary/aromatic N) is 1. The lowest BCUT2D eigenvalue weighted by atomic mass is 9.97. The Morgan fingerprint density at radius 2 is 2.00 bits per heavy atom. The van der Waals surface area contributed by atoms with Crippen molar-refractivity contribution in [3.63, 3.8) is 0 Å². The zero-order valence-electron chi connectivity index (χ0n) is 11.4. The minimum absolute atomic E-state index is 0.0220. The van der Waals surface area contributed by atoms with Gasteiger partial charge in [-0.2, -0.15) is 0 Å².